The molecule has 0 aliphatic carbocycles. The van der Waals surface area contributed by atoms with E-state index in [9.17, 15) is 9.59 Å². The number of hydrogen-bond donors (Lipinski definition) is 2. The number of carbonyl (C=O) groups excluding carboxylic acids is 2. The van der Waals surface area contributed by atoms with Crippen LogP contribution in [0.15, 0.2) is 24.3 Å². The Balaban J connectivity index is 2.95. The molecule has 1 aromatic rings. The third kappa shape index (κ3) is 3.41. The van der Waals surface area contributed by atoms with E-state index >= 15 is 0 Å². The number of anilines is 1. The molecular weight excluding hydrogens is 240 g/mol. The Kier molecular flexibility index (Phi) is 4.15. The molecular formula is C15H22N2O2. The molecule has 4 nitrogen and oxygen atoms in total. The fraction of sp³-hybridized carbons (Fsp3) is 0.467. The summed E-state index contributed by atoms with van der Waals surface area (Å²) in [7, 11) is 0. The number of ketones is 1. The normalized spacial score (nSPS) is 12.1. The van der Waals surface area contributed by atoms with Gasteiger partial charge in [0.2, 0.25) is 5.91 Å². The molecule has 0 saturated heterocycles. The Morgan fingerprint density at radius 3 is 2.21 bits per heavy atom. The Morgan fingerprint density at radius 1 is 1.16 bits per heavy atom. The van der Waals surface area contributed by atoms with Gasteiger partial charge >= 0.3 is 0 Å². The highest BCUT2D eigenvalue weighted by Crippen LogP contribution is 2.29. The van der Waals surface area contributed by atoms with E-state index in [1.54, 1.807) is 38.1 Å². The van der Waals surface area contributed by atoms with Gasteiger partial charge in [0, 0.05) is 16.8 Å². The minimum absolute atomic E-state index is 0.0329. The molecule has 0 atom stereocenters. The van der Waals surface area contributed by atoms with Crippen molar-refractivity contribution in [1.29, 1.82) is 0 Å². The van der Waals surface area contributed by atoms with Crippen LogP contribution in [0.4, 0.5) is 5.69 Å². The average molecular weight is 262 g/mol. The van der Waals surface area contributed by atoms with Gasteiger partial charge < -0.3 is 11.1 Å². The van der Waals surface area contributed by atoms with Crippen LogP contribution in [-0.4, -0.2) is 17.2 Å². The summed E-state index contributed by atoms with van der Waals surface area (Å²) in [6.45, 7) is 8.74. The van der Waals surface area contributed by atoms with Crippen LogP contribution in [0.2, 0.25) is 0 Å². The Labute approximate surface area is 114 Å². The maximum absolute atomic E-state index is 12.3. The molecule has 0 radical (unpaired) electrons. The Hall–Kier alpha value is -1.68. The van der Waals surface area contributed by atoms with Gasteiger partial charge in [0.05, 0.1) is 5.41 Å². The van der Waals surface area contributed by atoms with E-state index in [0.29, 0.717) is 11.3 Å². The van der Waals surface area contributed by atoms with E-state index in [1.807, 2.05) is 13.8 Å². The van der Waals surface area contributed by atoms with Crippen molar-refractivity contribution in [3.05, 3.63) is 29.8 Å². The second-order valence-electron chi connectivity index (χ2n) is 5.94. The second kappa shape index (κ2) is 5.13. The molecule has 0 heterocycles. The van der Waals surface area contributed by atoms with Crippen LogP contribution in [0.5, 0.6) is 0 Å². The second-order valence-corrected chi connectivity index (χ2v) is 5.94. The molecule has 0 spiro atoms. The number of carbonyl (C=O) groups is 2. The molecule has 1 aromatic carbocycles. The average Bonchev–Trinajstić information content (AvgIpc) is 2.27. The largest absolute Gasteiger partial charge is 0.326 e. The van der Waals surface area contributed by atoms with Crippen LogP contribution in [0.1, 0.15) is 45.0 Å². The lowest BCUT2D eigenvalue weighted by molar-refractivity contribution is -0.126. The summed E-state index contributed by atoms with van der Waals surface area (Å²) in [4.78, 5) is 23.6. The van der Waals surface area contributed by atoms with Gasteiger partial charge in [0.25, 0.3) is 0 Å². The quantitative estimate of drug-likeness (QED) is 0.819. The maximum atomic E-state index is 12.3. The van der Waals surface area contributed by atoms with Gasteiger partial charge in [-0.05, 0) is 46.8 Å². The first-order valence-electron chi connectivity index (χ1n) is 6.27. The van der Waals surface area contributed by atoms with Crippen molar-refractivity contribution in [1.82, 2.24) is 0 Å². The molecule has 0 unspecified atom stereocenters. The van der Waals surface area contributed by atoms with E-state index < -0.39 is 11.0 Å². The van der Waals surface area contributed by atoms with E-state index in [4.69, 9.17) is 5.73 Å². The van der Waals surface area contributed by atoms with Gasteiger partial charge in [-0.25, -0.2) is 0 Å². The first kappa shape index (κ1) is 15.4. The number of hydrogen-bond acceptors (Lipinski definition) is 3. The highest BCUT2D eigenvalue weighted by Gasteiger charge is 2.40. The van der Waals surface area contributed by atoms with Crippen LogP contribution < -0.4 is 11.1 Å². The van der Waals surface area contributed by atoms with E-state index in [1.165, 1.54) is 6.92 Å². The molecule has 1 rings (SSSR count). The number of benzene rings is 1. The smallest absolute Gasteiger partial charge is 0.231 e. The van der Waals surface area contributed by atoms with Crippen molar-refractivity contribution in [2.24, 2.45) is 11.1 Å². The van der Waals surface area contributed by atoms with Gasteiger partial charge in [0.1, 0.15) is 0 Å². The van der Waals surface area contributed by atoms with Crippen LogP contribution in [0, 0.1) is 5.41 Å². The summed E-state index contributed by atoms with van der Waals surface area (Å²) in [5.74, 6) is -0.199. The topological polar surface area (TPSA) is 72.2 Å². The highest BCUT2D eigenvalue weighted by atomic mass is 16.2. The Bertz CT molecular complexity index is 499. The van der Waals surface area contributed by atoms with Gasteiger partial charge in [-0.3, -0.25) is 9.59 Å². The van der Waals surface area contributed by atoms with Crippen LogP contribution >= 0.6 is 0 Å². The van der Waals surface area contributed by atoms with Gasteiger partial charge in [0.15, 0.2) is 5.78 Å². The van der Waals surface area contributed by atoms with Crippen molar-refractivity contribution in [3.8, 4) is 0 Å². The summed E-state index contributed by atoms with van der Waals surface area (Å²) in [5, 5.41) is 2.81. The first-order valence-corrected chi connectivity index (χ1v) is 6.27. The number of amides is 1. The fourth-order valence-electron chi connectivity index (χ4n) is 1.40. The van der Waals surface area contributed by atoms with E-state index in [-0.39, 0.29) is 11.7 Å². The standard InChI is InChI=1S/C15H22N2O2/c1-10(18)11-7-6-8-12(9-11)17-13(19)14(2,3)15(4,5)16/h6-9H,16H2,1-5H3,(H,17,19). The molecule has 0 bridgehead atoms. The molecule has 0 aliphatic heterocycles. The van der Waals surface area contributed by atoms with E-state index in [2.05, 4.69) is 5.32 Å². The fourth-order valence-corrected chi connectivity index (χ4v) is 1.40. The zero-order valence-corrected chi connectivity index (χ0v) is 12.2. The van der Waals surface area contributed by atoms with Gasteiger partial charge in [-0.1, -0.05) is 12.1 Å². The molecule has 0 aliphatic rings. The van der Waals surface area contributed by atoms with E-state index in [0.717, 1.165) is 0 Å². The SMILES string of the molecule is CC(=O)c1cccc(NC(=O)C(C)(C)C(C)(C)N)c1. The maximum Gasteiger partial charge on any atom is 0.231 e. The summed E-state index contributed by atoms with van der Waals surface area (Å²) in [6.07, 6.45) is 0. The summed E-state index contributed by atoms with van der Waals surface area (Å²) in [5.41, 5.74) is 5.84. The minimum Gasteiger partial charge on any atom is -0.326 e. The predicted molar refractivity (Wildman–Crippen MR) is 77.1 cm³/mol. The lowest BCUT2D eigenvalue weighted by atomic mass is 9.74. The van der Waals surface area contributed by atoms with Crippen molar-refractivity contribution < 1.29 is 9.59 Å². The summed E-state index contributed by atoms with van der Waals surface area (Å²) in [6, 6.07) is 6.88. The molecule has 0 saturated carbocycles. The molecule has 4 heteroatoms. The zero-order valence-electron chi connectivity index (χ0n) is 12.2. The van der Waals surface area contributed by atoms with Crippen LogP contribution in [-0.2, 0) is 4.79 Å². The zero-order chi connectivity index (χ0) is 14.8. The van der Waals surface area contributed by atoms with Gasteiger partial charge in [-0.2, -0.15) is 0 Å². The Morgan fingerprint density at radius 2 is 1.74 bits per heavy atom. The highest BCUT2D eigenvalue weighted by molar-refractivity contribution is 5.98. The number of nitrogens with two attached hydrogens (primary N) is 1. The summed E-state index contributed by atoms with van der Waals surface area (Å²) >= 11 is 0. The van der Waals surface area contributed by atoms with Crippen molar-refractivity contribution in [2.75, 3.05) is 5.32 Å². The van der Waals surface area contributed by atoms with Crippen LogP contribution in [0.25, 0.3) is 0 Å². The molecule has 0 aromatic heterocycles. The number of Topliss-reactive ketones (excluding diaryl/α,β-unsaturated/α-hetero) is 1. The lowest BCUT2D eigenvalue weighted by Gasteiger charge is -2.36. The summed E-state index contributed by atoms with van der Waals surface area (Å²) < 4.78 is 0. The third-order valence-corrected chi connectivity index (χ3v) is 3.71. The van der Waals surface area contributed by atoms with Crippen molar-refractivity contribution in [3.63, 3.8) is 0 Å². The number of nitrogens with one attached hydrogen (secondary N) is 1. The molecule has 0 fully saturated rings. The first-order chi connectivity index (χ1) is 8.55. The predicted octanol–water partition coefficient (Wildman–Crippen LogP) is 2.59. The van der Waals surface area contributed by atoms with Crippen LogP contribution in [0.3, 0.4) is 0 Å². The third-order valence-electron chi connectivity index (χ3n) is 3.71. The lowest BCUT2D eigenvalue weighted by Crippen LogP contribution is -2.53. The minimum atomic E-state index is -0.723. The molecule has 19 heavy (non-hydrogen) atoms. The van der Waals surface area contributed by atoms with Crippen molar-refractivity contribution >= 4 is 17.4 Å². The molecule has 1 amide bonds. The molecule has 3 N–H and O–H groups in total. The molecule has 104 valence electrons. The number of rotatable bonds is 4. The van der Waals surface area contributed by atoms with Gasteiger partial charge in [-0.15, -0.1) is 0 Å². The monoisotopic (exact) mass is 262 g/mol. The van der Waals surface area contributed by atoms with Crippen molar-refractivity contribution in [2.45, 2.75) is 40.2 Å².